The number of esters is 1. The number of aryl methyl sites for hydroxylation is 2. The highest BCUT2D eigenvalue weighted by atomic mass is 32.2. The van der Waals surface area contributed by atoms with Gasteiger partial charge in [0.1, 0.15) is 0 Å². The average Bonchev–Trinajstić information content (AvgIpc) is 2.67. The van der Waals surface area contributed by atoms with Crippen LogP contribution in [0.5, 0.6) is 0 Å². The highest BCUT2D eigenvalue weighted by Crippen LogP contribution is 2.17. The van der Waals surface area contributed by atoms with Gasteiger partial charge in [-0.2, -0.15) is 0 Å². The quantitative estimate of drug-likeness (QED) is 0.619. The summed E-state index contributed by atoms with van der Waals surface area (Å²) in [6.45, 7) is 4.58. The minimum Gasteiger partial charge on any atom is -0.456 e. The molecule has 8 nitrogen and oxygen atoms in total. The Kier molecular flexibility index (Phi) is 7.71. The number of hydrogen-bond donors (Lipinski definition) is 2. The first-order valence-corrected chi connectivity index (χ1v) is 10.9. The summed E-state index contributed by atoms with van der Waals surface area (Å²) in [6.07, 6.45) is -0.382. The first kappa shape index (κ1) is 23.1. The molecule has 0 saturated heterocycles. The lowest BCUT2D eigenvalue weighted by atomic mass is 10.1. The molecule has 0 saturated carbocycles. The van der Waals surface area contributed by atoms with Gasteiger partial charge in [0, 0.05) is 18.3 Å². The second kappa shape index (κ2) is 10.0. The maximum absolute atomic E-state index is 12.3. The van der Waals surface area contributed by atoms with Crippen LogP contribution < -0.4 is 10.6 Å². The second-order valence-electron chi connectivity index (χ2n) is 6.80. The number of anilines is 2. The molecular weight excluding hydrogens is 408 g/mol. The first-order chi connectivity index (χ1) is 14.1. The van der Waals surface area contributed by atoms with Crippen LogP contribution in [0.4, 0.5) is 11.4 Å². The molecule has 2 rings (SSSR count). The third kappa shape index (κ3) is 7.00. The highest BCUT2D eigenvalue weighted by molar-refractivity contribution is 7.91. The molecule has 2 aromatic rings. The van der Waals surface area contributed by atoms with Gasteiger partial charge < -0.3 is 15.4 Å². The summed E-state index contributed by atoms with van der Waals surface area (Å²) in [7, 11) is -3.71. The fourth-order valence-corrected chi connectivity index (χ4v) is 3.78. The van der Waals surface area contributed by atoms with E-state index in [1.807, 2.05) is 26.0 Å². The summed E-state index contributed by atoms with van der Waals surface area (Å²) in [5.41, 5.74) is 2.94. The Bertz CT molecular complexity index is 1050. The molecule has 0 aliphatic heterocycles. The third-order valence-corrected chi connectivity index (χ3v) is 5.87. The molecule has 0 radical (unpaired) electrons. The van der Waals surface area contributed by atoms with Crippen molar-refractivity contribution >= 4 is 39.0 Å². The minimum atomic E-state index is -3.71. The molecule has 2 aromatic carbocycles. The lowest BCUT2D eigenvalue weighted by molar-refractivity contribution is -0.146. The Hall–Kier alpha value is -3.20. The number of benzene rings is 2. The molecule has 9 heteroatoms. The fraction of sp³-hybridized carbons (Fsp3) is 0.286. The van der Waals surface area contributed by atoms with Crippen molar-refractivity contribution in [2.45, 2.75) is 32.1 Å². The maximum Gasteiger partial charge on any atom is 0.307 e. The predicted molar refractivity (Wildman–Crippen MR) is 113 cm³/mol. The monoisotopic (exact) mass is 432 g/mol. The van der Waals surface area contributed by atoms with Crippen molar-refractivity contribution in [3.05, 3.63) is 53.6 Å². The van der Waals surface area contributed by atoms with Crippen LogP contribution in [0.15, 0.2) is 47.4 Å². The zero-order valence-corrected chi connectivity index (χ0v) is 17.8. The molecule has 0 fully saturated rings. The maximum atomic E-state index is 12.3. The van der Waals surface area contributed by atoms with Crippen molar-refractivity contribution < 1.29 is 27.5 Å². The molecule has 0 aliphatic rings. The molecule has 0 aromatic heterocycles. The number of carbonyl (C=O) groups is 3. The predicted octanol–water partition coefficient (Wildman–Crippen LogP) is 2.61. The zero-order chi connectivity index (χ0) is 22.3. The number of amides is 2. The van der Waals surface area contributed by atoms with Crippen molar-refractivity contribution in [3.63, 3.8) is 0 Å². The van der Waals surface area contributed by atoms with E-state index in [2.05, 4.69) is 10.6 Å². The molecule has 160 valence electrons. The molecular formula is C21H24N2O6S. The van der Waals surface area contributed by atoms with Crippen molar-refractivity contribution in [1.29, 1.82) is 0 Å². The van der Waals surface area contributed by atoms with Gasteiger partial charge in [0.2, 0.25) is 5.91 Å². The van der Waals surface area contributed by atoms with Crippen molar-refractivity contribution in [2.75, 3.05) is 23.0 Å². The van der Waals surface area contributed by atoms with E-state index < -0.39 is 34.1 Å². The first-order valence-electron chi connectivity index (χ1n) is 9.20. The van der Waals surface area contributed by atoms with E-state index in [1.54, 1.807) is 6.07 Å². The van der Waals surface area contributed by atoms with Crippen LogP contribution in [0.3, 0.4) is 0 Å². The molecule has 2 amide bonds. The van der Waals surface area contributed by atoms with Gasteiger partial charge >= 0.3 is 5.97 Å². The van der Waals surface area contributed by atoms with Crippen LogP contribution >= 0.6 is 0 Å². The topological polar surface area (TPSA) is 119 Å². The summed E-state index contributed by atoms with van der Waals surface area (Å²) in [4.78, 5) is 34.9. The lowest BCUT2D eigenvalue weighted by Gasteiger charge is -2.10. The molecule has 0 unspecified atom stereocenters. The van der Waals surface area contributed by atoms with E-state index in [4.69, 9.17) is 4.74 Å². The molecule has 0 heterocycles. The summed E-state index contributed by atoms with van der Waals surface area (Å²) >= 11 is 0. The third-order valence-electron chi connectivity index (χ3n) is 4.14. The van der Waals surface area contributed by atoms with E-state index in [0.717, 1.165) is 11.1 Å². The number of hydrogen-bond acceptors (Lipinski definition) is 6. The van der Waals surface area contributed by atoms with Gasteiger partial charge in [-0.3, -0.25) is 14.4 Å². The standard InChI is InChI=1S/C21H24N2O6S/c1-14-4-5-15(2)19(12-14)23-20(25)13-29-21(26)10-11-30(27,28)18-8-6-17(7-9-18)22-16(3)24/h4-9,12H,10-11,13H2,1-3H3,(H,22,24)(H,23,25). The van der Waals surface area contributed by atoms with E-state index in [0.29, 0.717) is 11.4 Å². The fourth-order valence-electron chi connectivity index (χ4n) is 2.56. The van der Waals surface area contributed by atoms with Gasteiger partial charge in [0.05, 0.1) is 17.1 Å². The average molecular weight is 432 g/mol. The Morgan fingerprint density at radius 3 is 2.27 bits per heavy atom. The van der Waals surface area contributed by atoms with Crippen LogP contribution in [0.25, 0.3) is 0 Å². The summed E-state index contributed by atoms with van der Waals surface area (Å²) in [6, 6.07) is 11.2. The molecule has 0 atom stereocenters. The number of nitrogens with one attached hydrogen (secondary N) is 2. The number of rotatable bonds is 8. The van der Waals surface area contributed by atoms with Gasteiger partial charge in [-0.15, -0.1) is 0 Å². The molecule has 30 heavy (non-hydrogen) atoms. The van der Waals surface area contributed by atoms with Gasteiger partial charge in [-0.1, -0.05) is 12.1 Å². The van der Waals surface area contributed by atoms with E-state index in [9.17, 15) is 22.8 Å². The largest absolute Gasteiger partial charge is 0.456 e. The Morgan fingerprint density at radius 1 is 0.967 bits per heavy atom. The molecule has 2 N–H and O–H groups in total. The van der Waals surface area contributed by atoms with Crippen molar-refractivity contribution in [3.8, 4) is 0 Å². The summed E-state index contributed by atoms with van der Waals surface area (Å²) < 4.78 is 29.6. The van der Waals surface area contributed by atoms with Gasteiger partial charge in [-0.25, -0.2) is 8.42 Å². The SMILES string of the molecule is CC(=O)Nc1ccc(S(=O)(=O)CCC(=O)OCC(=O)Nc2cc(C)ccc2C)cc1. The smallest absolute Gasteiger partial charge is 0.307 e. The van der Waals surface area contributed by atoms with Gasteiger partial charge in [0.15, 0.2) is 16.4 Å². The number of sulfone groups is 1. The minimum absolute atomic E-state index is 0.0251. The number of ether oxygens (including phenoxy) is 1. The van der Waals surface area contributed by atoms with Crippen molar-refractivity contribution in [1.82, 2.24) is 0 Å². The summed E-state index contributed by atoms with van der Waals surface area (Å²) in [5, 5.41) is 5.20. The highest BCUT2D eigenvalue weighted by Gasteiger charge is 2.18. The van der Waals surface area contributed by atoms with Crippen LogP contribution in [0.2, 0.25) is 0 Å². The molecule has 0 aliphatic carbocycles. The van der Waals surface area contributed by atoms with Gasteiger partial charge in [-0.05, 0) is 55.3 Å². The van der Waals surface area contributed by atoms with Crippen LogP contribution in [-0.2, 0) is 29.0 Å². The normalized spacial score (nSPS) is 10.9. The van der Waals surface area contributed by atoms with Crippen LogP contribution in [0, 0.1) is 13.8 Å². The van der Waals surface area contributed by atoms with E-state index in [1.165, 1.54) is 31.2 Å². The van der Waals surface area contributed by atoms with Crippen LogP contribution in [-0.4, -0.2) is 38.6 Å². The number of carbonyl (C=O) groups excluding carboxylic acids is 3. The zero-order valence-electron chi connectivity index (χ0n) is 17.0. The summed E-state index contributed by atoms with van der Waals surface area (Å²) in [5.74, 6) is -2.02. The Morgan fingerprint density at radius 2 is 1.63 bits per heavy atom. The lowest BCUT2D eigenvalue weighted by Crippen LogP contribution is -2.22. The van der Waals surface area contributed by atoms with E-state index >= 15 is 0 Å². The molecule has 0 spiro atoms. The van der Waals surface area contributed by atoms with Crippen molar-refractivity contribution in [2.24, 2.45) is 0 Å². The Labute approximate surface area is 175 Å². The molecule has 0 bridgehead atoms. The van der Waals surface area contributed by atoms with Gasteiger partial charge in [0.25, 0.3) is 5.91 Å². The van der Waals surface area contributed by atoms with E-state index in [-0.39, 0.29) is 17.2 Å². The second-order valence-corrected chi connectivity index (χ2v) is 8.91. The Balaban J connectivity index is 1.83. The van der Waals surface area contributed by atoms with Crippen LogP contribution in [0.1, 0.15) is 24.5 Å².